The SMILES string of the molecule is O=C(NCc1sccc1Br)Nc1ccc(Cl)cc1C(=O)O. The Bertz CT molecular complexity index is 690. The number of anilines is 1. The van der Waals surface area contributed by atoms with Crippen LogP contribution in [0.5, 0.6) is 0 Å². The van der Waals surface area contributed by atoms with Crippen molar-refractivity contribution < 1.29 is 14.7 Å². The third kappa shape index (κ3) is 4.20. The molecule has 0 spiro atoms. The second kappa shape index (κ2) is 6.93. The number of carbonyl (C=O) groups excluding carboxylic acids is 1. The van der Waals surface area contributed by atoms with Gasteiger partial charge in [0.1, 0.15) is 0 Å². The molecule has 3 N–H and O–H groups in total. The molecule has 0 fully saturated rings. The summed E-state index contributed by atoms with van der Waals surface area (Å²) in [7, 11) is 0. The Kier molecular flexibility index (Phi) is 5.22. The molecule has 5 nitrogen and oxygen atoms in total. The Hall–Kier alpha value is -1.57. The minimum Gasteiger partial charge on any atom is -0.478 e. The van der Waals surface area contributed by atoms with Gasteiger partial charge < -0.3 is 15.7 Å². The van der Waals surface area contributed by atoms with Crippen LogP contribution in [-0.4, -0.2) is 17.1 Å². The van der Waals surface area contributed by atoms with Gasteiger partial charge >= 0.3 is 12.0 Å². The molecule has 1 heterocycles. The van der Waals surface area contributed by atoms with Crippen LogP contribution in [0, 0.1) is 0 Å². The predicted molar refractivity (Wildman–Crippen MR) is 86.3 cm³/mol. The molecule has 8 heteroatoms. The van der Waals surface area contributed by atoms with Gasteiger partial charge in [-0.25, -0.2) is 9.59 Å². The van der Waals surface area contributed by atoms with Crippen LogP contribution < -0.4 is 10.6 Å². The molecule has 1 aromatic carbocycles. The minimum absolute atomic E-state index is 0.0602. The highest BCUT2D eigenvalue weighted by Crippen LogP contribution is 2.23. The molecule has 0 radical (unpaired) electrons. The molecule has 0 atom stereocenters. The van der Waals surface area contributed by atoms with Crippen LogP contribution in [-0.2, 0) is 6.54 Å². The average Bonchev–Trinajstić information content (AvgIpc) is 2.84. The van der Waals surface area contributed by atoms with Gasteiger partial charge in [-0.15, -0.1) is 11.3 Å². The molecular weight excluding hydrogens is 380 g/mol. The maximum absolute atomic E-state index is 11.8. The standard InChI is InChI=1S/C13H10BrClN2O3S/c14-9-3-4-21-11(9)6-16-13(20)17-10-2-1-7(15)5-8(10)12(18)19/h1-5H,6H2,(H,18,19)(H2,16,17,20). The van der Waals surface area contributed by atoms with E-state index < -0.39 is 12.0 Å². The van der Waals surface area contributed by atoms with Crippen LogP contribution in [0.25, 0.3) is 0 Å². The number of benzene rings is 1. The highest BCUT2D eigenvalue weighted by Gasteiger charge is 2.13. The summed E-state index contributed by atoms with van der Waals surface area (Å²) in [6.45, 7) is 0.347. The van der Waals surface area contributed by atoms with E-state index in [9.17, 15) is 9.59 Å². The van der Waals surface area contributed by atoms with Crippen molar-refractivity contribution in [1.29, 1.82) is 0 Å². The number of hydrogen-bond donors (Lipinski definition) is 3. The molecule has 2 amide bonds. The van der Waals surface area contributed by atoms with Crippen LogP contribution in [0.4, 0.5) is 10.5 Å². The third-order valence-electron chi connectivity index (χ3n) is 2.56. The average molecular weight is 390 g/mol. The first-order valence-electron chi connectivity index (χ1n) is 5.77. The monoisotopic (exact) mass is 388 g/mol. The first-order valence-corrected chi connectivity index (χ1v) is 7.82. The summed E-state index contributed by atoms with van der Waals surface area (Å²) >= 11 is 10.6. The van der Waals surface area contributed by atoms with Crippen LogP contribution in [0.3, 0.4) is 0 Å². The number of carboxylic acids is 1. The van der Waals surface area contributed by atoms with E-state index in [1.54, 1.807) is 0 Å². The van der Waals surface area contributed by atoms with Gasteiger partial charge in [-0.2, -0.15) is 0 Å². The number of rotatable bonds is 4. The Labute approximate surface area is 138 Å². The third-order valence-corrected chi connectivity index (χ3v) is 4.72. The first-order chi connectivity index (χ1) is 9.97. The maximum Gasteiger partial charge on any atom is 0.337 e. The summed E-state index contributed by atoms with van der Waals surface area (Å²) < 4.78 is 0.922. The fraction of sp³-hybridized carbons (Fsp3) is 0.0769. The highest BCUT2D eigenvalue weighted by molar-refractivity contribution is 9.10. The van der Waals surface area contributed by atoms with E-state index in [-0.39, 0.29) is 11.3 Å². The lowest BCUT2D eigenvalue weighted by atomic mass is 10.2. The summed E-state index contributed by atoms with van der Waals surface area (Å²) in [5.74, 6) is -1.16. The lowest BCUT2D eigenvalue weighted by Crippen LogP contribution is -2.28. The number of carboxylic acid groups (broad SMARTS) is 1. The number of thiophene rings is 1. The van der Waals surface area contributed by atoms with Gasteiger partial charge in [0.05, 0.1) is 17.8 Å². The second-order valence-electron chi connectivity index (χ2n) is 3.99. The number of hydrogen-bond acceptors (Lipinski definition) is 3. The fourth-order valence-electron chi connectivity index (χ4n) is 1.58. The summed E-state index contributed by atoms with van der Waals surface area (Å²) in [5.41, 5.74) is 0.129. The molecule has 0 unspecified atom stereocenters. The largest absolute Gasteiger partial charge is 0.478 e. The van der Waals surface area contributed by atoms with Crippen molar-refractivity contribution in [2.45, 2.75) is 6.54 Å². The Morgan fingerprint density at radius 1 is 1.33 bits per heavy atom. The predicted octanol–water partition coefficient (Wildman–Crippen LogP) is 4.18. The van der Waals surface area contributed by atoms with E-state index in [1.807, 2.05) is 11.4 Å². The lowest BCUT2D eigenvalue weighted by molar-refractivity contribution is 0.0698. The quantitative estimate of drug-likeness (QED) is 0.734. The maximum atomic E-state index is 11.8. The summed E-state index contributed by atoms with van der Waals surface area (Å²) in [6, 6.07) is 5.66. The van der Waals surface area contributed by atoms with Crippen molar-refractivity contribution >= 4 is 56.6 Å². The highest BCUT2D eigenvalue weighted by atomic mass is 79.9. The van der Waals surface area contributed by atoms with Gasteiger partial charge in [0.15, 0.2) is 0 Å². The van der Waals surface area contributed by atoms with Gasteiger partial charge in [0.25, 0.3) is 0 Å². The molecule has 2 aromatic rings. The summed E-state index contributed by atoms with van der Waals surface area (Å²) in [6.07, 6.45) is 0. The normalized spacial score (nSPS) is 10.2. The van der Waals surface area contributed by atoms with Crippen molar-refractivity contribution in [3.8, 4) is 0 Å². The smallest absolute Gasteiger partial charge is 0.337 e. The molecule has 0 bridgehead atoms. The van der Waals surface area contributed by atoms with Gasteiger partial charge in [-0.1, -0.05) is 11.6 Å². The van der Waals surface area contributed by atoms with Gasteiger partial charge in [0.2, 0.25) is 0 Å². The van der Waals surface area contributed by atoms with Crippen molar-refractivity contribution in [3.63, 3.8) is 0 Å². The summed E-state index contributed by atoms with van der Waals surface area (Å²) in [4.78, 5) is 23.9. The molecule has 0 saturated carbocycles. The first kappa shape index (κ1) is 15.8. The van der Waals surface area contributed by atoms with Crippen molar-refractivity contribution in [3.05, 3.63) is 49.6 Å². The van der Waals surface area contributed by atoms with E-state index in [4.69, 9.17) is 16.7 Å². The molecule has 0 aliphatic rings. The number of nitrogens with one attached hydrogen (secondary N) is 2. The molecule has 2 rings (SSSR count). The Balaban J connectivity index is 2.03. The fourth-order valence-corrected chi connectivity index (χ4v) is 3.19. The summed E-state index contributed by atoms with van der Waals surface area (Å²) in [5, 5.41) is 16.4. The van der Waals surface area contributed by atoms with Gasteiger partial charge in [-0.05, 0) is 45.6 Å². The van der Waals surface area contributed by atoms with Crippen LogP contribution in [0.15, 0.2) is 34.1 Å². The number of urea groups is 1. The molecule has 0 aliphatic carbocycles. The lowest BCUT2D eigenvalue weighted by Gasteiger charge is -2.10. The Morgan fingerprint density at radius 2 is 2.10 bits per heavy atom. The van der Waals surface area contributed by atoms with Crippen LogP contribution in [0.1, 0.15) is 15.2 Å². The molecule has 21 heavy (non-hydrogen) atoms. The molecule has 0 aliphatic heterocycles. The van der Waals surface area contributed by atoms with E-state index in [0.29, 0.717) is 11.6 Å². The number of amides is 2. The van der Waals surface area contributed by atoms with Crippen molar-refractivity contribution in [2.75, 3.05) is 5.32 Å². The van der Waals surface area contributed by atoms with E-state index in [1.165, 1.54) is 29.5 Å². The minimum atomic E-state index is -1.16. The molecule has 0 saturated heterocycles. The van der Waals surface area contributed by atoms with E-state index in [2.05, 4.69) is 26.6 Å². The van der Waals surface area contributed by atoms with Gasteiger partial charge in [0, 0.05) is 14.4 Å². The zero-order valence-electron chi connectivity index (χ0n) is 10.5. The molecule has 110 valence electrons. The Morgan fingerprint density at radius 3 is 2.71 bits per heavy atom. The van der Waals surface area contributed by atoms with Crippen molar-refractivity contribution in [2.24, 2.45) is 0 Å². The van der Waals surface area contributed by atoms with E-state index >= 15 is 0 Å². The molecule has 1 aromatic heterocycles. The van der Waals surface area contributed by atoms with Crippen molar-refractivity contribution in [1.82, 2.24) is 5.32 Å². The zero-order chi connectivity index (χ0) is 15.4. The second-order valence-corrected chi connectivity index (χ2v) is 6.29. The number of aromatic carboxylic acids is 1. The van der Waals surface area contributed by atoms with E-state index in [0.717, 1.165) is 9.35 Å². The molecular formula is C13H10BrClN2O3S. The number of halogens is 2. The topological polar surface area (TPSA) is 78.4 Å². The zero-order valence-corrected chi connectivity index (χ0v) is 13.7. The van der Waals surface area contributed by atoms with Crippen LogP contribution in [0.2, 0.25) is 5.02 Å². The van der Waals surface area contributed by atoms with Gasteiger partial charge in [-0.3, -0.25) is 0 Å². The number of carbonyl (C=O) groups is 2. The van der Waals surface area contributed by atoms with Crippen LogP contribution >= 0.6 is 38.9 Å².